The van der Waals surface area contributed by atoms with Crippen LogP contribution in [-0.4, -0.2) is 93.0 Å². The maximum Gasteiger partial charge on any atom is 0.410 e. The molecule has 0 radical (unpaired) electrons. The van der Waals surface area contributed by atoms with Gasteiger partial charge < -0.3 is 38.7 Å². The number of carbonyl (C=O) groups excluding carboxylic acids is 2. The van der Waals surface area contributed by atoms with Crippen molar-refractivity contribution >= 4 is 24.3 Å². The van der Waals surface area contributed by atoms with Gasteiger partial charge in [0, 0.05) is 39.1 Å². The van der Waals surface area contributed by atoms with Crippen LogP contribution in [0.15, 0.2) is 0 Å². The van der Waals surface area contributed by atoms with Crippen molar-refractivity contribution in [1.82, 2.24) is 10.2 Å². The van der Waals surface area contributed by atoms with Crippen molar-refractivity contribution in [3.05, 3.63) is 0 Å². The van der Waals surface area contributed by atoms with Crippen molar-refractivity contribution in [1.29, 1.82) is 0 Å². The average Bonchev–Trinajstić information content (AvgIpc) is 3.30. The van der Waals surface area contributed by atoms with Crippen LogP contribution in [0.25, 0.3) is 0 Å². The Kier molecular flexibility index (Phi) is 17.8. The summed E-state index contributed by atoms with van der Waals surface area (Å²) in [5.41, 5.74) is -0.437. The van der Waals surface area contributed by atoms with Crippen molar-refractivity contribution in [3.8, 4) is 0 Å². The van der Waals surface area contributed by atoms with E-state index in [1.807, 2.05) is 27.7 Å². The van der Waals surface area contributed by atoms with Crippen molar-refractivity contribution in [2.24, 2.45) is 0 Å². The summed E-state index contributed by atoms with van der Waals surface area (Å²) in [6.07, 6.45) is 10.2. The summed E-state index contributed by atoms with van der Waals surface area (Å²) in [6, 6.07) is 0. The highest BCUT2D eigenvalue weighted by Gasteiger charge is 2.30. The quantitative estimate of drug-likeness (QED) is 0.313. The van der Waals surface area contributed by atoms with E-state index in [4.69, 9.17) is 23.7 Å². The van der Waals surface area contributed by atoms with Gasteiger partial charge in [-0.1, -0.05) is 0 Å². The van der Waals surface area contributed by atoms with Crippen LogP contribution in [0.4, 0.5) is 4.79 Å². The van der Waals surface area contributed by atoms with Gasteiger partial charge in [0.05, 0.1) is 25.4 Å². The normalized spacial score (nSPS) is 20.1. The van der Waals surface area contributed by atoms with Crippen LogP contribution in [-0.2, 0) is 28.5 Å². The number of ether oxygens (including phenoxy) is 5. The number of hydrogen-bond donors (Lipinski definition) is 1. The lowest BCUT2D eigenvalue weighted by atomic mass is 10.1. The molecular weight excluding hydrogens is 524 g/mol. The molecule has 0 aromatic heterocycles. The topological polar surface area (TPSA) is 95.6 Å². The molecule has 3 saturated heterocycles. The fourth-order valence-corrected chi connectivity index (χ4v) is 4.72. The molecule has 3 fully saturated rings. The number of piperidine rings is 2. The fraction of sp³-hybridized carbons (Fsp3) is 0.931. The number of carbonyl (C=O) groups is 2. The smallest absolute Gasteiger partial charge is 0.410 e. The summed E-state index contributed by atoms with van der Waals surface area (Å²) < 4.78 is 28.3. The molecule has 0 aromatic carbocycles. The number of halogens is 1. The number of Topliss-reactive ketones (excluding diaryl/α,β-unsaturated/α-hetero) is 1. The maximum atomic E-state index is 12.0. The zero-order chi connectivity index (χ0) is 27.9. The van der Waals surface area contributed by atoms with Gasteiger partial charge in [0.15, 0.2) is 5.79 Å². The molecule has 0 bridgehead atoms. The molecule has 0 atom stereocenters. The van der Waals surface area contributed by atoms with Gasteiger partial charge >= 0.3 is 6.09 Å². The summed E-state index contributed by atoms with van der Waals surface area (Å²) in [7, 11) is 0. The molecule has 0 aliphatic carbocycles. The minimum Gasteiger partial charge on any atom is -0.444 e. The molecule has 39 heavy (non-hydrogen) atoms. The van der Waals surface area contributed by atoms with E-state index in [2.05, 4.69) is 5.32 Å². The molecule has 0 saturated carbocycles. The third-order valence-corrected chi connectivity index (χ3v) is 6.93. The van der Waals surface area contributed by atoms with Crippen LogP contribution in [0.5, 0.6) is 0 Å². The molecule has 3 aliphatic rings. The van der Waals surface area contributed by atoms with Crippen LogP contribution in [0.1, 0.15) is 98.8 Å². The molecule has 10 heteroatoms. The lowest BCUT2D eigenvalue weighted by Crippen LogP contribution is -2.43. The molecule has 9 nitrogen and oxygen atoms in total. The monoisotopic (exact) mass is 578 g/mol. The van der Waals surface area contributed by atoms with Gasteiger partial charge in [-0.3, -0.25) is 0 Å². The first-order valence-electron chi connectivity index (χ1n) is 14.8. The summed E-state index contributed by atoms with van der Waals surface area (Å²) in [6.45, 7) is 15.9. The van der Waals surface area contributed by atoms with Gasteiger partial charge in [0.1, 0.15) is 11.4 Å². The fourth-order valence-electron chi connectivity index (χ4n) is 4.72. The second-order valence-electron chi connectivity index (χ2n) is 11.8. The van der Waals surface area contributed by atoms with Gasteiger partial charge in [0.2, 0.25) is 0 Å². The van der Waals surface area contributed by atoms with E-state index in [0.29, 0.717) is 38.8 Å². The van der Waals surface area contributed by atoms with Crippen LogP contribution in [0.3, 0.4) is 0 Å². The molecule has 3 heterocycles. The van der Waals surface area contributed by atoms with Crippen LogP contribution in [0.2, 0.25) is 0 Å². The standard InChI is InChI=1S/C18H33NO5.C11H21NO2.ClH/c1-17(2,3)24-16(20)19-10-7-15(8-11-19)21-12-6-5-9-18(4)22-13-14-23-18;1-10(13)4-2-3-9-14-11-5-7-12-8-6-11;/h15H,5-14H2,1-4H3;11-12H,2-9H2,1H3;1H. The molecule has 1 amide bonds. The Bertz CT molecular complexity index is 669. The van der Waals surface area contributed by atoms with Gasteiger partial charge in [0.25, 0.3) is 0 Å². The van der Waals surface area contributed by atoms with E-state index < -0.39 is 11.4 Å². The number of nitrogens with one attached hydrogen (secondary N) is 1. The van der Waals surface area contributed by atoms with Crippen molar-refractivity contribution < 1.29 is 33.3 Å². The zero-order valence-electron chi connectivity index (χ0n) is 25.1. The Labute approximate surface area is 242 Å². The third kappa shape index (κ3) is 16.8. The largest absolute Gasteiger partial charge is 0.444 e. The van der Waals surface area contributed by atoms with Crippen molar-refractivity contribution in [2.45, 2.75) is 122 Å². The van der Waals surface area contributed by atoms with E-state index in [1.54, 1.807) is 11.8 Å². The molecule has 230 valence electrons. The molecular formula is C29H55ClN2O7. The molecule has 0 unspecified atom stereocenters. The van der Waals surface area contributed by atoms with E-state index in [-0.39, 0.29) is 30.4 Å². The number of amides is 1. The molecule has 1 N–H and O–H groups in total. The van der Waals surface area contributed by atoms with Crippen molar-refractivity contribution in [2.75, 3.05) is 52.6 Å². The Morgan fingerprint density at radius 3 is 1.97 bits per heavy atom. The summed E-state index contributed by atoms with van der Waals surface area (Å²) in [5.74, 6) is -0.106. The number of nitrogens with zero attached hydrogens (tertiary/aromatic N) is 1. The predicted molar refractivity (Wildman–Crippen MR) is 155 cm³/mol. The summed E-state index contributed by atoms with van der Waals surface area (Å²) in [4.78, 5) is 24.5. The van der Waals surface area contributed by atoms with E-state index in [1.165, 1.54) is 0 Å². The zero-order valence-corrected chi connectivity index (χ0v) is 25.9. The molecule has 3 rings (SSSR count). The van der Waals surface area contributed by atoms with Gasteiger partial charge in [-0.2, -0.15) is 0 Å². The van der Waals surface area contributed by atoms with Gasteiger partial charge in [-0.05, 0) is 99.1 Å². The van der Waals surface area contributed by atoms with Crippen LogP contribution < -0.4 is 5.32 Å². The minimum atomic E-state index is -0.437. The average molecular weight is 579 g/mol. The second-order valence-corrected chi connectivity index (χ2v) is 11.8. The van der Waals surface area contributed by atoms with Crippen molar-refractivity contribution in [3.63, 3.8) is 0 Å². The first-order chi connectivity index (χ1) is 18.1. The Balaban J connectivity index is 0.000000434. The maximum absolute atomic E-state index is 12.0. The number of unbranched alkanes of at least 4 members (excludes halogenated alkanes) is 2. The second kappa shape index (κ2) is 19.2. The lowest BCUT2D eigenvalue weighted by Gasteiger charge is -2.33. The number of hydrogen-bond acceptors (Lipinski definition) is 8. The van der Waals surface area contributed by atoms with E-state index in [9.17, 15) is 9.59 Å². The van der Waals surface area contributed by atoms with E-state index >= 15 is 0 Å². The SMILES string of the molecule is CC(=O)CCCCOC1CCNCC1.CC(C)(C)OC(=O)N1CCC(OCCCCC2(C)OCCO2)CC1.Cl. The van der Waals surface area contributed by atoms with Crippen LogP contribution >= 0.6 is 12.4 Å². The van der Waals surface area contributed by atoms with E-state index in [0.717, 1.165) is 84.1 Å². The van der Waals surface area contributed by atoms with Crippen LogP contribution in [0, 0.1) is 0 Å². The number of ketones is 1. The first kappa shape index (κ1) is 36.1. The summed E-state index contributed by atoms with van der Waals surface area (Å²) in [5, 5.41) is 3.31. The predicted octanol–water partition coefficient (Wildman–Crippen LogP) is 5.27. The molecule has 0 aromatic rings. The van der Waals surface area contributed by atoms with Gasteiger partial charge in [-0.25, -0.2) is 4.79 Å². The minimum absolute atomic E-state index is 0. The third-order valence-electron chi connectivity index (χ3n) is 6.93. The molecule has 0 spiro atoms. The summed E-state index contributed by atoms with van der Waals surface area (Å²) >= 11 is 0. The highest BCUT2D eigenvalue weighted by molar-refractivity contribution is 5.85. The Morgan fingerprint density at radius 1 is 0.897 bits per heavy atom. The Hall–Kier alpha value is -0.970. The Morgan fingerprint density at radius 2 is 1.44 bits per heavy atom. The number of likely N-dealkylation sites (tertiary alicyclic amines) is 1. The first-order valence-corrected chi connectivity index (χ1v) is 14.8. The molecule has 3 aliphatic heterocycles. The lowest BCUT2D eigenvalue weighted by molar-refractivity contribution is -0.148. The highest BCUT2D eigenvalue weighted by Crippen LogP contribution is 2.25. The number of rotatable bonds is 12. The van der Waals surface area contributed by atoms with Gasteiger partial charge in [-0.15, -0.1) is 12.4 Å². The highest BCUT2D eigenvalue weighted by atomic mass is 35.5.